The fourth-order valence-electron chi connectivity index (χ4n) is 1.86. The van der Waals surface area contributed by atoms with Gasteiger partial charge in [-0.25, -0.2) is 22.0 Å². The van der Waals surface area contributed by atoms with Crippen LogP contribution < -0.4 is 14.6 Å². The molecule has 0 radical (unpaired) electrons. The average Bonchev–Trinajstić information content (AvgIpc) is 2.52. The second-order valence-corrected chi connectivity index (χ2v) is 8.29. The minimum absolute atomic E-state index is 0.203. The van der Waals surface area contributed by atoms with Gasteiger partial charge in [0.15, 0.2) is 0 Å². The quantitative estimate of drug-likeness (QED) is 0.756. The van der Waals surface area contributed by atoms with Crippen molar-refractivity contribution in [3.05, 3.63) is 52.7 Å². The van der Waals surface area contributed by atoms with Crippen molar-refractivity contribution in [2.24, 2.45) is 5.14 Å². The molecule has 2 rings (SSSR count). The molecule has 1 aromatic heterocycles. The second-order valence-electron chi connectivity index (χ2n) is 4.75. The van der Waals surface area contributed by atoms with Gasteiger partial charge in [-0.05, 0) is 30.3 Å². The number of nitrogens with zero attached hydrogens (tertiary/aromatic N) is 1. The number of anilines is 1. The summed E-state index contributed by atoms with van der Waals surface area (Å²) in [5, 5.41) is 6.35. The van der Waals surface area contributed by atoms with Gasteiger partial charge in [-0.1, -0.05) is 11.6 Å². The third-order valence-electron chi connectivity index (χ3n) is 2.97. The number of benzene rings is 1. The molecule has 3 N–H and O–H groups in total. The maximum absolute atomic E-state index is 12.2. The van der Waals surface area contributed by atoms with Crippen molar-refractivity contribution in [2.75, 3.05) is 11.8 Å². The zero-order valence-corrected chi connectivity index (χ0v) is 15.3. The summed E-state index contributed by atoms with van der Waals surface area (Å²) in [4.78, 5) is 3.19. The van der Waals surface area contributed by atoms with Gasteiger partial charge in [-0.2, -0.15) is 0 Å². The van der Waals surface area contributed by atoms with Crippen molar-refractivity contribution in [2.45, 2.75) is 4.90 Å². The molecule has 8 nitrogen and oxygen atoms in total. The number of rotatable bonds is 6. The van der Waals surface area contributed by atoms with Crippen LogP contribution in [0.4, 0.5) is 5.69 Å². The summed E-state index contributed by atoms with van der Waals surface area (Å²) < 4.78 is 54.6. The molecule has 1 aromatic carbocycles. The third kappa shape index (κ3) is 5.16. The summed E-state index contributed by atoms with van der Waals surface area (Å²) in [5.74, 6) is 0.382. The summed E-state index contributed by atoms with van der Waals surface area (Å²) in [7, 11) is -6.73. The molecule has 0 amide bonds. The van der Waals surface area contributed by atoms with Crippen molar-refractivity contribution in [1.82, 2.24) is 4.98 Å². The molecule has 0 fully saturated rings. The van der Waals surface area contributed by atoms with Crippen molar-refractivity contribution in [3.63, 3.8) is 0 Å². The molecular weight excluding hydrogens is 390 g/mol. The first-order valence-corrected chi connectivity index (χ1v) is 10.1. The Labute approximate surface area is 150 Å². The van der Waals surface area contributed by atoms with Crippen LogP contribution in [-0.2, 0) is 20.0 Å². The van der Waals surface area contributed by atoms with Crippen LogP contribution in [0.15, 0.2) is 47.0 Å². The van der Waals surface area contributed by atoms with E-state index in [-0.39, 0.29) is 5.69 Å². The Hall–Kier alpha value is -2.14. The number of primary sulfonamides is 1. The van der Waals surface area contributed by atoms with E-state index in [1.54, 1.807) is 12.1 Å². The van der Waals surface area contributed by atoms with Crippen LogP contribution in [-0.4, -0.2) is 28.9 Å². The van der Waals surface area contributed by atoms with Crippen molar-refractivity contribution >= 4 is 43.4 Å². The first-order valence-electron chi connectivity index (χ1n) is 6.63. The molecule has 0 aliphatic heterocycles. The SMILES string of the molecule is COc1cc(Cl)ccc1/C=C/S(=O)(=O)Nc1ccncc1S(N)(=O)=O. The number of halogens is 1. The molecule has 0 saturated carbocycles. The normalized spacial score (nSPS) is 12.3. The number of hydrogen-bond donors (Lipinski definition) is 2. The van der Waals surface area contributed by atoms with Crippen LogP contribution in [0.25, 0.3) is 6.08 Å². The van der Waals surface area contributed by atoms with E-state index in [0.29, 0.717) is 16.3 Å². The van der Waals surface area contributed by atoms with Gasteiger partial charge in [0.25, 0.3) is 10.0 Å². The van der Waals surface area contributed by atoms with Gasteiger partial charge in [-0.15, -0.1) is 0 Å². The molecule has 0 aliphatic carbocycles. The third-order valence-corrected chi connectivity index (χ3v) is 5.14. The summed E-state index contributed by atoms with van der Waals surface area (Å²) in [6, 6.07) is 5.87. The van der Waals surface area contributed by atoms with Gasteiger partial charge in [0.05, 0.1) is 18.2 Å². The average molecular weight is 404 g/mol. The maximum Gasteiger partial charge on any atom is 0.255 e. The van der Waals surface area contributed by atoms with E-state index < -0.39 is 24.9 Å². The fourth-order valence-corrected chi connectivity index (χ4v) is 3.60. The minimum atomic E-state index is -4.14. The largest absolute Gasteiger partial charge is 0.496 e. The number of nitrogens with two attached hydrogens (primary N) is 1. The number of sulfonamides is 2. The highest BCUT2D eigenvalue weighted by Crippen LogP contribution is 2.25. The number of aromatic nitrogens is 1. The lowest BCUT2D eigenvalue weighted by Crippen LogP contribution is -2.17. The highest BCUT2D eigenvalue weighted by Gasteiger charge is 2.17. The topological polar surface area (TPSA) is 128 Å². The molecule has 1 heterocycles. The lowest BCUT2D eigenvalue weighted by Gasteiger charge is -2.09. The monoisotopic (exact) mass is 403 g/mol. The molecule has 11 heteroatoms. The maximum atomic E-state index is 12.2. The van der Waals surface area contributed by atoms with Crippen LogP contribution in [0.5, 0.6) is 5.75 Å². The van der Waals surface area contributed by atoms with Crippen molar-refractivity contribution in [1.29, 1.82) is 0 Å². The van der Waals surface area contributed by atoms with E-state index in [1.807, 2.05) is 0 Å². The van der Waals surface area contributed by atoms with E-state index in [9.17, 15) is 16.8 Å². The van der Waals surface area contributed by atoms with Gasteiger partial charge >= 0.3 is 0 Å². The van der Waals surface area contributed by atoms with Crippen LogP contribution in [0.1, 0.15) is 5.56 Å². The Morgan fingerprint density at radius 1 is 1.24 bits per heavy atom. The Morgan fingerprint density at radius 3 is 2.60 bits per heavy atom. The molecule has 0 unspecified atom stereocenters. The Bertz CT molecular complexity index is 1020. The van der Waals surface area contributed by atoms with Gasteiger partial charge in [0.2, 0.25) is 10.0 Å². The summed E-state index contributed by atoms with van der Waals surface area (Å²) in [5.41, 5.74) is 0.267. The Morgan fingerprint density at radius 2 is 1.96 bits per heavy atom. The first-order chi connectivity index (χ1) is 11.6. The summed E-state index contributed by atoms with van der Waals surface area (Å²) >= 11 is 5.84. The standard InChI is InChI=1S/C14H14ClN3O5S2/c1-23-13-8-11(15)3-2-10(13)5-7-24(19,20)18-12-4-6-17-9-14(12)25(16,21)22/h2-9H,1H3,(H,17,18)(H2,16,21,22)/b7-5+. The van der Waals surface area contributed by atoms with Gasteiger partial charge in [0.1, 0.15) is 10.6 Å². The molecule has 25 heavy (non-hydrogen) atoms. The zero-order valence-electron chi connectivity index (χ0n) is 12.9. The smallest absolute Gasteiger partial charge is 0.255 e. The molecular formula is C14H14ClN3O5S2. The number of nitrogens with one attached hydrogen (secondary N) is 1. The Kier molecular flexibility index (Phi) is 5.68. The zero-order chi connectivity index (χ0) is 18.7. The van der Waals surface area contributed by atoms with E-state index in [2.05, 4.69) is 9.71 Å². The number of hydrogen-bond acceptors (Lipinski definition) is 6. The van der Waals surface area contributed by atoms with Crippen molar-refractivity contribution in [3.8, 4) is 5.75 Å². The summed E-state index contributed by atoms with van der Waals surface area (Å²) in [6.45, 7) is 0. The van der Waals surface area contributed by atoms with E-state index >= 15 is 0 Å². The van der Waals surface area contributed by atoms with Crippen LogP contribution >= 0.6 is 11.6 Å². The summed E-state index contributed by atoms with van der Waals surface area (Å²) in [6.07, 6.45) is 3.48. The number of ether oxygens (including phenoxy) is 1. The lowest BCUT2D eigenvalue weighted by molar-refractivity contribution is 0.414. The predicted molar refractivity (Wildman–Crippen MR) is 95.2 cm³/mol. The van der Waals surface area contributed by atoms with Crippen LogP contribution in [0.2, 0.25) is 5.02 Å². The minimum Gasteiger partial charge on any atom is -0.496 e. The van der Waals surface area contributed by atoms with Gasteiger partial charge < -0.3 is 4.74 Å². The first kappa shape index (κ1) is 19.2. The highest BCUT2D eigenvalue weighted by atomic mass is 35.5. The van der Waals surface area contributed by atoms with Crippen molar-refractivity contribution < 1.29 is 21.6 Å². The molecule has 0 atom stereocenters. The van der Waals surface area contributed by atoms with E-state index in [1.165, 1.54) is 31.5 Å². The molecule has 0 aliphatic rings. The molecule has 0 spiro atoms. The predicted octanol–water partition coefficient (Wildman–Crippen LogP) is 1.80. The highest BCUT2D eigenvalue weighted by molar-refractivity contribution is 7.95. The number of pyridine rings is 1. The van der Waals surface area contributed by atoms with E-state index in [0.717, 1.165) is 11.6 Å². The Balaban J connectivity index is 2.33. The lowest BCUT2D eigenvalue weighted by atomic mass is 10.2. The van der Waals surface area contributed by atoms with Gasteiger partial charge in [0, 0.05) is 23.0 Å². The molecule has 2 aromatic rings. The molecule has 0 bridgehead atoms. The van der Waals surface area contributed by atoms with Crippen LogP contribution in [0, 0.1) is 0 Å². The van der Waals surface area contributed by atoms with Crippen LogP contribution in [0.3, 0.4) is 0 Å². The number of methoxy groups -OCH3 is 1. The molecule has 134 valence electrons. The van der Waals surface area contributed by atoms with E-state index in [4.69, 9.17) is 21.5 Å². The molecule has 0 saturated heterocycles. The second kappa shape index (κ2) is 7.40. The van der Waals surface area contributed by atoms with Gasteiger partial charge in [-0.3, -0.25) is 9.71 Å². The fraction of sp³-hybridized carbons (Fsp3) is 0.0714.